The summed E-state index contributed by atoms with van der Waals surface area (Å²) in [5, 5.41) is 2.07. The molecule has 0 saturated heterocycles. The number of carbonyl (C=O) groups excluding carboxylic acids is 1. The van der Waals surface area contributed by atoms with E-state index >= 15 is 0 Å². The first-order chi connectivity index (χ1) is 12.5. The van der Waals surface area contributed by atoms with E-state index in [-0.39, 0.29) is 19.8 Å². The van der Waals surface area contributed by atoms with Crippen molar-refractivity contribution in [2.24, 2.45) is 0 Å². The quantitative estimate of drug-likeness (QED) is 0.446. The molecule has 0 fully saturated rings. The number of carbonyl (C=O) groups is 1. The van der Waals surface area contributed by atoms with Crippen LogP contribution in [-0.4, -0.2) is 31.4 Å². The zero-order valence-corrected chi connectivity index (χ0v) is 16.7. The second-order valence-electron chi connectivity index (χ2n) is 5.93. The lowest BCUT2D eigenvalue weighted by molar-refractivity contribution is -0.143. The maximum Gasteiger partial charge on any atom is 0.345 e. The summed E-state index contributed by atoms with van der Waals surface area (Å²) in [7, 11) is -3.69. The Labute approximate surface area is 155 Å². The fourth-order valence-corrected chi connectivity index (χ4v) is 5.37. The largest absolute Gasteiger partial charge is 0.465 e. The summed E-state index contributed by atoms with van der Waals surface area (Å²) < 4.78 is 29.6. The molecule has 2 rings (SSSR count). The van der Waals surface area contributed by atoms with Gasteiger partial charge in [-0.2, -0.15) is 0 Å². The van der Waals surface area contributed by atoms with Crippen molar-refractivity contribution in [1.29, 1.82) is 0 Å². The second kappa shape index (κ2) is 9.31. The molecule has 5 nitrogen and oxygen atoms in total. The molecule has 0 heterocycles. The first kappa shape index (κ1) is 20.6. The maximum atomic E-state index is 13.4. The molecule has 0 radical (unpaired) electrons. The van der Waals surface area contributed by atoms with E-state index in [0.29, 0.717) is 0 Å². The lowest BCUT2D eigenvalue weighted by Crippen LogP contribution is -2.31. The van der Waals surface area contributed by atoms with Crippen LogP contribution in [0.3, 0.4) is 0 Å². The molecule has 0 unspecified atom stereocenters. The Bertz CT molecular complexity index is 773. The van der Waals surface area contributed by atoms with Gasteiger partial charge in [-0.1, -0.05) is 49.4 Å². The van der Waals surface area contributed by atoms with Gasteiger partial charge in [0, 0.05) is 5.92 Å². The zero-order valence-electron chi connectivity index (χ0n) is 15.8. The Balaban J connectivity index is 2.56. The molecule has 0 aliphatic rings. The minimum absolute atomic E-state index is 0.190. The number of benzene rings is 2. The third kappa shape index (κ3) is 4.35. The normalized spacial score (nSPS) is 14.2. The van der Waals surface area contributed by atoms with Crippen LogP contribution in [0.4, 0.5) is 0 Å². The van der Waals surface area contributed by atoms with Gasteiger partial charge < -0.3 is 13.8 Å². The summed E-state index contributed by atoms with van der Waals surface area (Å²) in [6.45, 7) is 7.64. The molecule has 2 aromatic rings. The smallest absolute Gasteiger partial charge is 0.345 e. The van der Waals surface area contributed by atoms with Gasteiger partial charge in [-0.05, 0) is 37.1 Å². The predicted octanol–water partition coefficient (Wildman–Crippen LogP) is 5.14. The molecule has 2 atom stereocenters. The second-order valence-corrected chi connectivity index (χ2v) is 8.08. The van der Waals surface area contributed by atoms with Crippen LogP contribution in [0.1, 0.15) is 39.2 Å². The van der Waals surface area contributed by atoms with E-state index in [1.165, 1.54) is 0 Å². The maximum absolute atomic E-state index is 13.4. The Kier molecular flexibility index (Phi) is 7.39. The molecular weight excluding hydrogens is 351 g/mol. The van der Waals surface area contributed by atoms with Crippen molar-refractivity contribution in [2.75, 3.05) is 19.8 Å². The number of rotatable bonds is 9. The number of ether oxygens (including phenoxy) is 1. The molecule has 2 aromatic carbocycles. The molecule has 26 heavy (non-hydrogen) atoms. The molecular formula is C20H27O5P. The summed E-state index contributed by atoms with van der Waals surface area (Å²) >= 11 is 0. The molecule has 0 spiro atoms. The monoisotopic (exact) mass is 378 g/mol. The van der Waals surface area contributed by atoms with Crippen molar-refractivity contribution in [3.63, 3.8) is 0 Å². The molecule has 0 amide bonds. The lowest BCUT2D eigenvalue weighted by atomic mass is 9.92. The van der Waals surface area contributed by atoms with Crippen molar-refractivity contribution in [2.45, 2.75) is 39.3 Å². The Hall–Kier alpha value is -1.68. The molecule has 0 N–H and O–H groups in total. The van der Waals surface area contributed by atoms with Crippen LogP contribution >= 0.6 is 7.60 Å². The van der Waals surface area contributed by atoms with Crippen molar-refractivity contribution < 1.29 is 23.1 Å². The molecule has 6 heteroatoms. The van der Waals surface area contributed by atoms with Crippen LogP contribution in [0, 0.1) is 0 Å². The highest BCUT2D eigenvalue weighted by Gasteiger charge is 2.46. The number of esters is 1. The van der Waals surface area contributed by atoms with Crippen LogP contribution in [0.15, 0.2) is 42.5 Å². The summed E-state index contributed by atoms with van der Waals surface area (Å²) in [5.41, 5.74) is -0.103. The molecule has 142 valence electrons. The number of fused-ring (bicyclic) bond motifs is 1. The predicted molar refractivity (Wildman–Crippen MR) is 104 cm³/mol. The van der Waals surface area contributed by atoms with E-state index in [1.54, 1.807) is 20.8 Å². The molecule has 0 aromatic heterocycles. The van der Waals surface area contributed by atoms with Crippen molar-refractivity contribution >= 4 is 24.3 Å². The van der Waals surface area contributed by atoms with Crippen LogP contribution in [0.5, 0.6) is 0 Å². The first-order valence-corrected chi connectivity index (χ1v) is 10.6. The fraction of sp³-hybridized carbons (Fsp3) is 0.450. The van der Waals surface area contributed by atoms with Gasteiger partial charge in [0.15, 0.2) is 5.66 Å². The van der Waals surface area contributed by atoms with E-state index in [1.807, 2.05) is 49.4 Å². The lowest BCUT2D eigenvalue weighted by Gasteiger charge is -2.29. The van der Waals surface area contributed by atoms with Gasteiger partial charge >= 0.3 is 13.6 Å². The van der Waals surface area contributed by atoms with Gasteiger partial charge in [-0.25, -0.2) is 0 Å². The summed E-state index contributed by atoms with van der Waals surface area (Å²) in [5.74, 6) is -0.956. The summed E-state index contributed by atoms with van der Waals surface area (Å²) in [4.78, 5) is 12.7. The van der Waals surface area contributed by atoms with Gasteiger partial charge in [-0.3, -0.25) is 9.36 Å². The van der Waals surface area contributed by atoms with Gasteiger partial charge in [0.1, 0.15) is 0 Å². The van der Waals surface area contributed by atoms with Gasteiger partial charge in [-0.15, -0.1) is 0 Å². The van der Waals surface area contributed by atoms with Gasteiger partial charge in [0.2, 0.25) is 0 Å². The minimum Gasteiger partial charge on any atom is -0.465 e. The third-order valence-corrected chi connectivity index (χ3v) is 6.85. The van der Waals surface area contributed by atoms with E-state index in [0.717, 1.165) is 16.3 Å². The van der Waals surface area contributed by atoms with Crippen LogP contribution in [0.2, 0.25) is 0 Å². The third-order valence-electron chi connectivity index (χ3n) is 4.27. The van der Waals surface area contributed by atoms with Crippen molar-refractivity contribution in [3.8, 4) is 0 Å². The highest BCUT2D eigenvalue weighted by Crippen LogP contribution is 2.58. The topological polar surface area (TPSA) is 61.8 Å². The van der Waals surface area contributed by atoms with E-state index < -0.39 is 25.1 Å². The molecule has 0 aliphatic heterocycles. The van der Waals surface area contributed by atoms with E-state index in [2.05, 4.69) is 0 Å². The molecule has 0 aliphatic carbocycles. The van der Waals surface area contributed by atoms with E-state index in [4.69, 9.17) is 13.8 Å². The van der Waals surface area contributed by atoms with E-state index in [9.17, 15) is 9.36 Å². The van der Waals surface area contributed by atoms with Crippen LogP contribution < -0.4 is 0 Å². The first-order valence-electron chi connectivity index (χ1n) is 9.01. The Morgan fingerprint density at radius 1 is 0.962 bits per heavy atom. The minimum atomic E-state index is -3.69. The molecule has 0 bridgehead atoms. The van der Waals surface area contributed by atoms with Crippen molar-refractivity contribution in [1.82, 2.24) is 0 Å². The van der Waals surface area contributed by atoms with Gasteiger partial charge in [0.25, 0.3) is 0 Å². The fourth-order valence-electron chi connectivity index (χ4n) is 3.21. The summed E-state index contributed by atoms with van der Waals surface area (Å²) in [6, 6.07) is 13.8. The highest BCUT2D eigenvalue weighted by molar-refractivity contribution is 7.55. The average Bonchev–Trinajstić information content (AvgIpc) is 2.61. The average molecular weight is 378 g/mol. The van der Waals surface area contributed by atoms with Crippen LogP contribution in [-0.2, 0) is 23.1 Å². The standard InChI is InChI=1S/C20H27O5P/c1-5-23-20(21)19(26(22,24-6-2)25-7-3)15(4)17-14-10-12-16-11-8-9-13-18(16)17/h8-15,19H,5-7H2,1-4H3/t15-,19+/m0/s1. The Morgan fingerprint density at radius 3 is 2.19 bits per heavy atom. The number of hydrogen-bond acceptors (Lipinski definition) is 5. The number of hydrogen-bond donors (Lipinski definition) is 0. The van der Waals surface area contributed by atoms with Gasteiger partial charge in [0.05, 0.1) is 19.8 Å². The zero-order chi connectivity index (χ0) is 19.2. The highest BCUT2D eigenvalue weighted by atomic mass is 31.2. The van der Waals surface area contributed by atoms with Crippen molar-refractivity contribution in [3.05, 3.63) is 48.0 Å². The Morgan fingerprint density at radius 2 is 1.58 bits per heavy atom. The summed E-state index contributed by atoms with van der Waals surface area (Å²) in [6.07, 6.45) is 0. The molecule has 0 saturated carbocycles. The SMILES string of the molecule is CCOC(=O)[C@@H]([C@@H](C)c1cccc2ccccc12)P(=O)(OCC)OCC. The van der Waals surface area contributed by atoms with Crippen LogP contribution in [0.25, 0.3) is 10.8 Å².